The Kier molecular flexibility index (Phi) is 16.6. The smallest absolute Gasteiger partial charge is 0.140 e. The van der Waals surface area contributed by atoms with Crippen LogP contribution in [0.15, 0.2) is 12.2 Å². The number of aliphatic hydroxyl groups is 1. The van der Waals surface area contributed by atoms with Gasteiger partial charge in [0.15, 0.2) is 0 Å². The molecule has 122 valence electrons. The first-order valence-electron chi connectivity index (χ1n) is 9.04. The van der Waals surface area contributed by atoms with Gasteiger partial charge in [-0.2, -0.15) is 5.26 Å². The van der Waals surface area contributed by atoms with Crippen molar-refractivity contribution >= 4 is 0 Å². The summed E-state index contributed by atoms with van der Waals surface area (Å²) in [5, 5.41) is 17.5. The zero-order chi connectivity index (χ0) is 15.6. The molecule has 0 aromatic carbocycles. The van der Waals surface area contributed by atoms with E-state index in [1.54, 1.807) is 0 Å². The summed E-state index contributed by atoms with van der Waals surface area (Å²) in [6, 6.07) is 1.86. The predicted octanol–water partition coefficient (Wildman–Crippen LogP) is 5.91. The molecule has 0 aliphatic rings. The Morgan fingerprint density at radius 2 is 1.29 bits per heavy atom. The van der Waals surface area contributed by atoms with Gasteiger partial charge in [0.25, 0.3) is 0 Å². The highest BCUT2D eigenvalue weighted by Crippen LogP contribution is 2.10. The van der Waals surface area contributed by atoms with Crippen LogP contribution in [0.3, 0.4) is 0 Å². The van der Waals surface area contributed by atoms with Gasteiger partial charge in [0.2, 0.25) is 0 Å². The van der Waals surface area contributed by atoms with Crippen LogP contribution < -0.4 is 0 Å². The molecule has 21 heavy (non-hydrogen) atoms. The van der Waals surface area contributed by atoms with Crippen LogP contribution in [0.2, 0.25) is 0 Å². The normalized spacial score (nSPS) is 12.6. The second-order valence-electron chi connectivity index (χ2n) is 6.02. The van der Waals surface area contributed by atoms with Gasteiger partial charge in [-0.05, 0) is 38.5 Å². The molecule has 0 amide bonds. The van der Waals surface area contributed by atoms with E-state index in [1.165, 1.54) is 70.6 Å². The molecular weight excluding hydrogens is 258 g/mol. The van der Waals surface area contributed by atoms with Gasteiger partial charge in [-0.15, -0.1) is 0 Å². The second kappa shape index (κ2) is 17.2. The fourth-order valence-electron chi connectivity index (χ4n) is 2.47. The summed E-state index contributed by atoms with van der Waals surface area (Å²) in [6.07, 6.45) is 21.2. The lowest BCUT2D eigenvalue weighted by Gasteiger charge is -2.01. The molecule has 0 heterocycles. The Balaban J connectivity index is 3.10. The number of aliphatic hydroxyl groups excluding tert-OH is 1. The summed E-state index contributed by atoms with van der Waals surface area (Å²) < 4.78 is 0. The SMILES string of the molecule is CCCCCCCC/C=C\CCCCCCC[C@H](O)C#N. The van der Waals surface area contributed by atoms with E-state index in [2.05, 4.69) is 19.1 Å². The topological polar surface area (TPSA) is 44.0 Å². The molecule has 1 N–H and O–H groups in total. The van der Waals surface area contributed by atoms with Crippen molar-refractivity contribution in [2.24, 2.45) is 0 Å². The molecule has 0 radical (unpaired) electrons. The Morgan fingerprint density at radius 1 is 0.810 bits per heavy atom. The standard InChI is InChI=1S/C19H35NO/c1-2-3-4-5-6-7-8-9-10-11-12-13-14-15-16-17-19(21)18-20/h9-10,19,21H,2-8,11-17H2,1H3/b10-9-/t19-/m0/s1. The molecule has 0 aromatic rings. The van der Waals surface area contributed by atoms with Gasteiger partial charge in [0.1, 0.15) is 6.10 Å². The molecule has 0 saturated heterocycles. The van der Waals surface area contributed by atoms with Crippen molar-refractivity contribution in [2.75, 3.05) is 0 Å². The number of nitriles is 1. The molecular formula is C19H35NO. The molecule has 0 aliphatic carbocycles. The summed E-state index contributed by atoms with van der Waals surface area (Å²) in [6.45, 7) is 2.26. The van der Waals surface area contributed by atoms with Crippen molar-refractivity contribution in [1.29, 1.82) is 5.26 Å². The average Bonchev–Trinajstić information content (AvgIpc) is 2.50. The molecule has 0 saturated carbocycles. The molecule has 2 nitrogen and oxygen atoms in total. The molecule has 0 fully saturated rings. The zero-order valence-corrected chi connectivity index (χ0v) is 14.0. The van der Waals surface area contributed by atoms with Crippen LogP contribution in [-0.2, 0) is 0 Å². The summed E-state index contributed by atoms with van der Waals surface area (Å²) in [7, 11) is 0. The number of hydrogen-bond donors (Lipinski definition) is 1. The van der Waals surface area contributed by atoms with Gasteiger partial charge >= 0.3 is 0 Å². The van der Waals surface area contributed by atoms with Crippen LogP contribution in [0.1, 0.15) is 96.8 Å². The van der Waals surface area contributed by atoms with Gasteiger partial charge in [-0.3, -0.25) is 0 Å². The first-order valence-corrected chi connectivity index (χ1v) is 9.04. The second-order valence-corrected chi connectivity index (χ2v) is 6.02. The van der Waals surface area contributed by atoms with Crippen LogP contribution in [0.5, 0.6) is 0 Å². The van der Waals surface area contributed by atoms with E-state index in [1.807, 2.05) is 6.07 Å². The monoisotopic (exact) mass is 293 g/mol. The summed E-state index contributed by atoms with van der Waals surface area (Å²) in [5.74, 6) is 0. The van der Waals surface area contributed by atoms with Gasteiger partial charge in [0.05, 0.1) is 6.07 Å². The quantitative estimate of drug-likeness (QED) is 0.232. The zero-order valence-electron chi connectivity index (χ0n) is 14.0. The lowest BCUT2D eigenvalue weighted by Crippen LogP contribution is -2.01. The lowest BCUT2D eigenvalue weighted by molar-refractivity contribution is 0.215. The van der Waals surface area contributed by atoms with Crippen molar-refractivity contribution in [3.05, 3.63) is 12.2 Å². The third kappa shape index (κ3) is 17.1. The van der Waals surface area contributed by atoms with Crippen molar-refractivity contribution < 1.29 is 5.11 Å². The minimum Gasteiger partial charge on any atom is -0.378 e. The van der Waals surface area contributed by atoms with E-state index < -0.39 is 6.10 Å². The Labute approximate surface area is 132 Å². The maximum absolute atomic E-state index is 9.09. The molecule has 0 aromatic heterocycles. The van der Waals surface area contributed by atoms with Crippen LogP contribution in [0.25, 0.3) is 0 Å². The summed E-state index contributed by atoms with van der Waals surface area (Å²) >= 11 is 0. The molecule has 0 rings (SSSR count). The van der Waals surface area contributed by atoms with Gasteiger partial charge in [0, 0.05) is 0 Å². The molecule has 0 aliphatic heterocycles. The first kappa shape index (κ1) is 20.2. The maximum atomic E-state index is 9.09. The van der Waals surface area contributed by atoms with E-state index in [-0.39, 0.29) is 0 Å². The molecule has 2 heteroatoms. The fraction of sp³-hybridized carbons (Fsp3) is 0.842. The number of unbranched alkanes of at least 4 members (excludes halogenated alkanes) is 11. The molecule has 0 spiro atoms. The minimum atomic E-state index is -0.755. The van der Waals surface area contributed by atoms with E-state index >= 15 is 0 Å². The van der Waals surface area contributed by atoms with Gasteiger partial charge < -0.3 is 5.11 Å². The molecule has 0 unspecified atom stereocenters. The van der Waals surface area contributed by atoms with Crippen LogP contribution >= 0.6 is 0 Å². The molecule has 1 atom stereocenters. The average molecular weight is 293 g/mol. The van der Waals surface area contributed by atoms with Gasteiger partial charge in [-0.1, -0.05) is 70.4 Å². The predicted molar refractivity (Wildman–Crippen MR) is 91.1 cm³/mol. The number of nitrogens with zero attached hydrogens (tertiary/aromatic N) is 1. The highest BCUT2D eigenvalue weighted by atomic mass is 16.3. The number of rotatable bonds is 15. The van der Waals surface area contributed by atoms with E-state index in [9.17, 15) is 0 Å². The summed E-state index contributed by atoms with van der Waals surface area (Å²) in [5.41, 5.74) is 0. The Bertz CT molecular complexity index is 267. The Morgan fingerprint density at radius 3 is 1.81 bits per heavy atom. The van der Waals surface area contributed by atoms with Crippen molar-refractivity contribution in [2.45, 2.75) is 103 Å². The first-order chi connectivity index (χ1) is 10.3. The lowest BCUT2D eigenvalue weighted by atomic mass is 10.1. The maximum Gasteiger partial charge on any atom is 0.140 e. The van der Waals surface area contributed by atoms with Crippen LogP contribution in [-0.4, -0.2) is 11.2 Å². The van der Waals surface area contributed by atoms with E-state index in [0.29, 0.717) is 6.42 Å². The third-order valence-corrected chi connectivity index (χ3v) is 3.89. The third-order valence-electron chi connectivity index (χ3n) is 3.89. The number of hydrogen-bond acceptors (Lipinski definition) is 2. The number of allylic oxidation sites excluding steroid dienone is 2. The summed E-state index contributed by atoms with van der Waals surface area (Å²) in [4.78, 5) is 0. The van der Waals surface area contributed by atoms with Crippen LogP contribution in [0, 0.1) is 11.3 Å². The van der Waals surface area contributed by atoms with E-state index in [4.69, 9.17) is 10.4 Å². The Hall–Kier alpha value is -0.810. The largest absolute Gasteiger partial charge is 0.378 e. The highest BCUT2D eigenvalue weighted by Gasteiger charge is 1.99. The van der Waals surface area contributed by atoms with E-state index in [0.717, 1.165) is 12.8 Å². The highest BCUT2D eigenvalue weighted by molar-refractivity contribution is 4.82. The fourth-order valence-corrected chi connectivity index (χ4v) is 2.47. The van der Waals surface area contributed by atoms with Crippen molar-refractivity contribution in [3.63, 3.8) is 0 Å². The van der Waals surface area contributed by atoms with Crippen LogP contribution in [0.4, 0.5) is 0 Å². The van der Waals surface area contributed by atoms with Gasteiger partial charge in [-0.25, -0.2) is 0 Å². The molecule has 0 bridgehead atoms. The van der Waals surface area contributed by atoms with Crippen molar-refractivity contribution in [1.82, 2.24) is 0 Å². The van der Waals surface area contributed by atoms with Crippen molar-refractivity contribution in [3.8, 4) is 6.07 Å². The minimum absolute atomic E-state index is 0.634.